The van der Waals surface area contributed by atoms with Crippen LogP contribution in [0.15, 0.2) is 24.4 Å². The molecule has 1 aromatic carbocycles. The van der Waals surface area contributed by atoms with Gasteiger partial charge in [0.05, 0.1) is 24.1 Å². The van der Waals surface area contributed by atoms with Gasteiger partial charge in [0, 0.05) is 32.2 Å². The van der Waals surface area contributed by atoms with E-state index in [0.29, 0.717) is 30.7 Å². The first-order valence-corrected chi connectivity index (χ1v) is 9.41. The molecule has 0 fully saturated rings. The highest BCUT2D eigenvalue weighted by molar-refractivity contribution is 5.67. The Hall–Kier alpha value is -2.06. The summed E-state index contributed by atoms with van der Waals surface area (Å²) < 4.78 is 50.9. The normalized spacial score (nSPS) is 12.0. The molecule has 156 valence electrons. The first-order valence-electron chi connectivity index (χ1n) is 9.41. The molecule has 0 unspecified atom stereocenters. The summed E-state index contributed by atoms with van der Waals surface area (Å²) in [6.07, 6.45) is -0.272. The molecule has 0 bridgehead atoms. The molecule has 5 nitrogen and oxygen atoms in total. The smallest absolute Gasteiger partial charge is 0.419 e. The number of methoxy groups -OCH3 is 1. The lowest BCUT2D eigenvalue weighted by Crippen LogP contribution is -2.19. The van der Waals surface area contributed by atoms with E-state index in [2.05, 4.69) is 22.0 Å². The zero-order chi connectivity index (χ0) is 20.6. The van der Waals surface area contributed by atoms with Crippen molar-refractivity contribution in [1.82, 2.24) is 15.1 Å². The van der Waals surface area contributed by atoms with Crippen molar-refractivity contribution in [3.05, 3.63) is 35.7 Å². The Morgan fingerprint density at radius 2 is 1.96 bits per heavy atom. The fourth-order valence-corrected chi connectivity index (χ4v) is 2.89. The van der Waals surface area contributed by atoms with Gasteiger partial charge in [-0.1, -0.05) is 19.4 Å². The van der Waals surface area contributed by atoms with Crippen LogP contribution in [-0.2, 0) is 17.5 Å². The molecule has 1 aromatic heterocycles. The summed E-state index contributed by atoms with van der Waals surface area (Å²) in [6, 6.07) is 4.15. The van der Waals surface area contributed by atoms with Gasteiger partial charge in [0.2, 0.25) is 0 Å². The molecule has 0 saturated carbocycles. The molecule has 1 N–H and O–H groups in total. The van der Waals surface area contributed by atoms with E-state index in [1.807, 2.05) is 7.05 Å². The van der Waals surface area contributed by atoms with Gasteiger partial charge in [-0.3, -0.25) is 5.10 Å². The van der Waals surface area contributed by atoms with Crippen LogP contribution in [-0.4, -0.2) is 49.0 Å². The van der Waals surface area contributed by atoms with Crippen molar-refractivity contribution >= 4 is 0 Å². The Balaban J connectivity index is 2.24. The number of ether oxygens (including phenoxy) is 2. The molecule has 0 amide bonds. The van der Waals surface area contributed by atoms with Gasteiger partial charge < -0.3 is 14.4 Å². The minimum atomic E-state index is -4.51. The number of unbranched alkanes of at least 4 members (excludes halogenated alkanes) is 1. The van der Waals surface area contributed by atoms with Crippen molar-refractivity contribution in [3.8, 4) is 16.9 Å². The van der Waals surface area contributed by atoms with Gasteiger partial charge in [0.15, 0.2) is 0 Å². The summed E-state index contributed by atoms with van der Waals surface area (Å²) in [7, 11) is 3.52. The molecule has 0 atom stereocenters. The maximum absolute atomic E-state index is 13.6. The van der Waals surface area contributed by atoms with Crippen LogP contribution in [0.5, 0.6) is 5.75 Å². The third-order valence-corrected chi connectivity index (χ3v) is 4.39. The molecular formula is C20H28F3N3O2. The van der Waals surface area contributed by atoms with Crippen LogP contribution >= 0.6 is 0 Å². The summed E-state index contributed by atoms with van der Waals surface area (Å²) in [5, 5.41) is 6.95. The van der Waals surface area contributed by atoms with Crippen LogP contribution in [0.2, 0.25) is 0 Å². The SMILES string of the molecule is CCCCN(C)Cc1[nH]ncc1-c1ccc(OCCCOC)c(C(F)(F)F)c1. The molecule has 0 saturated heterocycles. The monoisotopic (exact) mass is 399 g/mol. The molecule has 0 aliphatic carbocycles. The Bertz CT molecular complexity index is 732. The summed E-state index contributed by atoms with van der Waals surface area (Å²) in [4.78, 5) is 2.12. The maximum Gasteiger partial charge on any atom is 0.419 e. The fourth-order valence-electron chi connectivity index (χ4n) is 2.89. The number of hydrogen-bond donors (Lipinski definition) is 1. The Labute approximate surface area is 163 Å². The summed E-state index contributed by atoms with van der Waals surface area (Å²) in [5.74, 6) is -0.169. The summed E-state index contributed by atoms with van der Waals surface area (Å²) in [5.41, 5.74) is 1.14. The molecule has 0 aliphatic rings. The number of rotatable bonds is 11. The van der Waals surface area contributed by atoms with Crippen LogP contribution in [0, 0.1) is 0 Å². The van der Waals surface area contributed by atoms with Crippen molar-refractivity contribution in [2.45, 2.75) is 38.9 Å². The third-order valence-electron chi connectivity index (χ3n) is 4.39. The summed E-state index contributed by atoms with van der Waals surface area (Å²) in [6.45, 7) is 4.22. The Morgan fingerprint density at radius 1 is 1.18 bits per heavy atom. The van der Waals surface area contributed by atoms with Crippen LogP contribution in [0.4, 0.5) is 13.2 Å². The number of nitrogens with one attached hydrogen (secondary N) is 1. The fraction of sp³-hybridized carbons (Fsp3) is 0.550. The van der Waals surface area contributed by atoms with E-state index in [4.69, 9.17) is 9.47 Å². The number of aromatic amines is 1. The quantitative estimate of drug-likeness (QED) is 0.555. The van der Waals surface area contributed by atoms with Gasteiger partial charge in [-0.25, -0.2) is 0 Å². The van der Waals surface area contributed by atoms with Gasteiger partial charge in [0.25, 0.3) is 0 Å². The highest BCUT2D eigenvalue weighted by Gasteiger charge is 2.35. The van der Waals surface area contributed by atoms with Gasteiger partial charge >= 0.3 is 6.18 Å². The van der Waals surface area contributed by atoms with Crippen LogP contribution in [0.25, 0.3) is 11.1 Å². The van der Waals surface area contributed by atoms with Crippen molar-refractivity contribution in [1.29, 1.82) is 0 Å². The van der Waals surface area contributed by atoms with Crippen LogP contribution in [0.1, 0.15) is 37.4 Å². The number of halogens is 3. The standard InChI is InChI=1S/C20H28F3N3O2/c1-4-5-9-26(2)14-18-16(13-24-25-18)15-7-8-19(28-11-6-10-27-3)17(12-15)20(21,22)23/h7-8,12-13H,4-6,9-11,14H2,1-3H3,(H,24,25). The van der Waals surface area contributed by atoms with E-state index in [1.54, 1.807) is 12.3 Å². The van der Waals surface area contributed by atoms with Gasteiger partial charge in [0.1, 0.15) is 5.75 Å². The third kappa shape index (κ3) is 6.24. The van der Waals surface area contributed by atoms with E-state index in [1.165, 1.54) is 13.2 Å². The van der Waals surface area contributed by atoms with Crippen molar-refractivity contribution in [2.75, 3.05) is 33.9 Å². The molecular weight excluding hydrogens is 371 g/mol. The largest absolute Gasteiger partial charge is 0.493 e. The summed E-state index contributed by atoms with van der Waals surface area (Å²) >= 11 is 0. The predicted molar refractivity (Wildman–Crippen MR) is 102 cm³/mol. The lowest BCUT2D eigenvalue weighted by molar-refractivity contribution is -0.138. The Morgan fingerprint density at radius 3 is 2.64 bits per heavy atom. The Kier molecular flexibility index (Phi) is 8.32. The molecule has 2 aromatic rings. The van der Waals surface area contributed by atoms with E-state index >= 15 is 0 Å². The van der Waals surface area contributed by atoms with Crippen LogP contribution < -0.4 is 4.74 Å². The topological polar surface area (TPSA) is 50.4 Å². The van der Waals surface area contributed by atoms with Crippen LogP contribution in [0.3, 0.4) is 0 Å². The van der Waals surface area contributed by atoms with Gasteiger partial charge in [-0.05, 0) is 37.7 Å². The molecule has 0 spiro atoms. The molecule has 28 heavy (non-hydrogen) atoms. The minimum absolute atomic E-state index is 0.162. The molecule has 2 rings (SSSR count). The van der Waals surface area contributed by atoms with E-state index in [-0.39, 0.29) is 12.4 Å². The maximum atomic E-state index is 13.6. The second-order valence-corrected chi connectivity index (χ2v) is 6.76. The highest BCUT2D eigenvalue weighted by Crippen LogP contribution is 2.39. The lowest BCUT2D eigenvalue weighted by Gasteiger charge is -2.17. The number of hydrogen-bond acceptors (Lipinski definition) is 4. The van der Waals surface area contributed by atoms with E-state index < -0.39 is 11.7 Å². The average Bonchev–Trinajstić information content (AvgIpc) is 3.11. The second-order valence-electron chi connectivity index (χ2n) is 6.76. The molecule has 0 radical (unpaired) electrons. The average molecular weight is 399 g/mol. The highest BCUT2D eigenvalue weighted by atomic mass is 19.4. The van der Waals surface area contributed by atoms with Crippen molar-refractivity contribution in [2.24, 2.45) is 0 Å². The first kappa shape index (κ1) is 22.2. The van der Waals surface area contributed by atoms with Crippen molar-refractivity contribution in [3.63, 3.8) is 0 Å². The minimum Gasteiger partial charge on any atom is -0.493 e. The number of nitrogens with zero attached hydrogens (tertiary/aromatic N) is 2. The second kappa shape index (κ2) is 10.5. The van der Waals surface area contributed by atoms with E-state index in [0.717, 1.165) is 31.1 Å². The lowest BCUT2D eigenvalue weighted by atomic mass is 10.0. The molecule has 0 aliphatic heterocycles. The first-order chi connectivity index (χ1) is 13.4. The molecule has 1 heterocycles. The predicted octanol–water partition coefficient (Wildman–Crippen LogP) is 4.74. The number of aromatic nitrogens is 2. The van der Waals surface area contributed by atoms with Gasteiger partial charge in [-0.2, -0.15) is 18.3 Å². The van der Waals surface area contributed by atoms with E-state index in [9.17, 15) is 13.2 Å². The number of benzene rings is 1. The number of alkyl halides is 3. The van der Waals surface area contributed by atoms with Crippen molar-refractivity contribution < 1.29 is 22.6 Å². The zero-order valence-electron chi connectivity index (χ0n) is 16.6. The zero-order valence-corrected chi connectivity index (χ0v) is 16.6. The van der Waals surface area contributed by atoms with Gasteiger partial charge in [-0.15, -0.1) is 0 Å². The molecule has 8 heteroatoms. The number of H-pyrrole nitrogens is 1.